The van der Waals surface area contributed by atoms with E-state index in [1.54, 1.807) is 28.3 Å². The summed E-state index contributed by atoms with van der Waals surface area (Å²) < 4.78 is 56.9. The van der Waals surface area contributed by atoms with Gasteiger partial charge in [-0.1, -0.05) is 138 Å². The molecule has 0 spiro atoms. The van der Waals surface area contributed by atoms with E-state index in [0.29, 0.717) is 12.8 Å². The first-order valence-corrected chi connectivity index (χ1v) is 20.5. The maximum absolute atomic E-state index is 7.48. The van der Waals surface area contributed by atoms with Crippen molar-refractivity contribution in [3.8, 4) is 0 Å². The van der Waals surface area contributed by atoms with Crippen LogP contribution in [0, 0.1) is 5.92 Å². The molecule has 9 nitrogen and oxygen atoms in total. The zero-order valence-corrected chi connectivity index (χ0v) is 34.2. The van der Waals surface area contributed by atoms with Crippen LogP contribution < -0.4 is 0 Å². The third kappa shape index (κ3) is 15.7. The molecule has 0 aromatic heterocycles. The summed E-state index contributed by atoms with van der Waals surface area (Å²) in [5.41, 5.74) is 0. The molecule has 47 heavy (non-hydrogen) atoms. The highest BCUT2D eigenvalue weighted by Gasteiger charge is 2.68. The largest absolute Gasteiger partial charge is 0.519 e. The lowest BCUT2D eigenvalue weighted by atomic mass is 9.91. The van der Waals surface area contributed by atoms with Gasteiger partial charge in [-0.25, -0.2) is 0 Å². The highest BCUT2D eigenvalue weighted by Crippen LogP contribution is 2.53. The number of ether oxygens (including phenoxy) is 6. The second kappa shape index (κ2) is 24.9. The van der Waals surface area contributed by atoms with Crippen molar-refractivity contribution in [2.75, 3.05) is 42.7 Å². The van der Waals surface area contributed by atoms with Crippen molar-refractivity contribution in [1.82, 2.24) is 0 Å². The summed E-state index contributed by atoms with van der Waals surface area (Å²) in [4.78, 5) is 0. The van der Waals surface area contributed by atoms with Gasteiger partial charge in [-0.2, -0.15) is 0 Å². The van der Waals surface area contributed by atoms with Crippen LogP contribution in [0.1, 0.15) is 170 Å². The van der Waals surface area contributed by atoms with Crippen molar-refractivity contribution in [3.63, 3.8) is 0 Å². The molecule has 0 fully saturated rings. The van der Waals surface area contributed by atoms with E-state index in [4.69, 9.17) is 41.7 Å². The second-order valence-corrected chi connectivity index (χ2v) is 16.9. The van der Waals surface area contributed by atoms with Crippen LogP contribution in [0.15, 0.2) is 0 Å². The highest BCUT2D eigenvalue weighted by atomic mass is 28.4. The number of unbranched alkanes of at least 4 members (excludes halogenated alkanes) is 13. The molecule has 10 heteroatoms. The first-order chi connectivity index (χ1) is 22.3. The summed E-state index contributed by atoms with van der Waals surface area (Å²) in [7, 11) is 5.20. The van der Waals surface area contributed by atoms with E-state index in [0.717, 1.165) is 44.9 Å². The fourth-order valence-corrected chi connectivity index (χ4v) is 9.69. The minimum absolute atomic E-state index is 0.116. The first-order valence-electron chi connectivity index (χ1n) is 18.8. The number of rotatable bonds is 33. The van der Waals surface area contributed by atoms with Crippen molar-refractivity contribution in [1.29, 1.82) is 0 Å². The third-order valence-corrected chi connectivity index (χ3v) is 14.0. The average molecular weight is 695 g/mol. The second-order valence-electron chi connectivity index (χ2n) is 13.9. The molecule has 0 aliphatic rings. The minimum Gasteiger partial charge on any atom is -0.354 e. The molecule has 0 saturated heterocycles. The van der Waals surface area contributed by atoms with Gasteiger partial charge in [-0.3, -0.25) is 4.43 Å². The zero-order valence-electron chi connectivity index (χ0n) is 33.2. The molecule has 0 aliphatic heterocycles. The van der Waals surface area contributed by atoms with Gasteiger partial charge < -0.3 is 37.3 Å². The van der Waals surface area contributed by atoms with Gasteiger partial charge in [-0.05, 0) is 18.8 Å². The Hall–Kier alpha value is -0.143. The summed E-state index contributed by atoms with van der Waals surface area (Å²) in [5, 5.41) is -0.690. The molecule has 0 amide bonds. The molecule has 0 aliphatic carbocycles. The molecular weight excluding hydrogens is 616 g/mol. The van der Waals surface area contributed by atoms with Crippen molar-refractivity contribution >= 4 is 8.80 Å². The molecule has 0 radical (unpaired) electrons. The summed E-state index contributed by atoms with van der Waals surface area (Å²) in [5.74, 6) is -2.36. The Bertz CT molecular complexity index is 721. The van der Waals surface area contributed by atoms with E-state index >= 15 is 0 Å². The molecule has 0 heterocycles. The van der Waals surface area contributed by atoms with Gasteiger partial charge in [0.25, 0.3) is 5.97 Å². The van der Waals surface area contributed by atoms with E-state index in [1.165, 1.54) is 85.5 Å². The number of hydrogen-bond acceptors (Lipinski definition) is 9. The Balaban J connectivity index is 7.15. The lowest BCUT2D eigenvalue weighted by Crippen LogP contribution is -2.68. The highest BCUT2D eigenvalue weighted by molar-refractivity contribution is 6.64. The Morgan fingerprint density at radius 3 is 1.26 bits per heavy atom. The molecular formula is C37H78O9Si. The van der Waals surface area contributed by atoms with Gasteiger partial charge in [0.15, 0.2) is 5.79 Å². The van der Waals surface area contributed by atoms with Crippen LogP contribution >= 0.6 is 0 Å². The minimum atomic E-state index is -4.10. The number of methoxy groups -OCH3 is 6. The van der Waals surface area contributed by atoms with Crippen LogP contribution in [0.3, 0.4) is 0 Å². The van der Waals surface area contributed by atoms with Gasteiger partial charge >= 0.3 is 15.0 Å². The molecule has 0 rings (SSSR count). The Labute approximate surface area is 292 Å². The van der Waals surface area contributed by atoms with E-state index in [1.807, 2.05) is 0 Å². The maximum atomic E-state index is 7.48. The van der Waals surface area contributed by atoms with Gasteiger partial charge in [0, 0.05) is 67.5 Å². The quantitative estimate of drug-likeness (QED) is 0.0378. The molecule has 0 saturated carbocycles. The predicted octanol–water partition coefficient (Wildman–Crippen LogP) is 10.7. The summed E-state index contributed by atoms with van der Waals surface area (Å²) in [6.45, 7) is 15.0. The van der Waals surface area contributed by atoms with Crippen LogP contribution in [0.2, 0.25) is 5.04 Å². The van der Waals surface area contributed by atoms with Crippen LogP contribution in [0.25, 0.3) is 0 Å². The van der Waals surface area contributed by atoms with Crippen molar-refractivity contribution in [2.45, 2.75) is 193 Å². The van der Waals surface area contributed by atoms with Crippen LogP contribution in [0.5, 0.6) is 0 Å². The van der Waals surface area contributed by atoms with E-state index in [-0.39, 0.29) is 5.92 Å². The maximum Gasteiger partial charge on any atom is 0.519 e. The number of hydrogen-bond donors (Lipinski definition) is 0. The van der Waals surface area contributed by atoms with Crippen molar-refractivity contribution in [3.05, 3.63) is 0 Å². The smallest absolute Gasteiger partial charge is 0.354 e. The molecule has 2 atom stereocenters. The monoisotopic (exact) mass is 695 g/mol. The van der Waals surface area contributed by atoms with Crippen molar-refractivity contribution in [2.24, 2.45) is 5.92 Å². The van der Waals surface area contributed by atoms with Gasteiger partial charge in [0.1, 0.15) is 0 Å². The van der Waals surface area contributed by atoms with E-state index in [2.05, 4.69) is 41.5 Å². The van der Waals surface area contributed by atoms with Gasteiger partial charge in [-0.15, -0.1) is 0 Å². The molecule has 0 aromatic rings. The van der Waals surface area contributed by atoms with Gasteiger partial charge in [0.2, 0.25) is 0 Å². The third-order valence-electron chi connectivity index (χ3n) is 10.1. The van der Waals surface area contributed by atoms with Gasteiger partial charge in [0.05, 0.1) is 0 Å². The van der Waals surface area contributed by atoms with E-state index in [9.17, 15) is 0 Å². The zero-order chi connectivity index (χ0) is 35.9. The fourth-order valence-electron chi connectivity index (χ4n) is 6.01. The van der Waals surface area contributed by atoms with Crippen molar-refractivity contribution < 1.29 is 41.7 Å². The molecule has 2 unspecified atom stereocenters. The SMILES string of the molecule is CCCCCCCCC(CCCCCCCC)(OC)O[Si](OC(C)(OC)OC)(OC(OC)(OC)OC)C(C)(C)C(C)CCCCCC. The lowest BCUT2D eigenvalue weighted by Gasteiger charge is -2.52. The van der Waals surface area contributed by atoms with Crippen LogP contribution in [-0.4, -0.2) is 69.4 Å². The topological polar surface area (TPSA) is 83.1 Å². The average Bonchev–Trinajstić information content (AvgIpc) is 3.08. The normalized spacial score (nSPS) is 15.3. The standard InChI is InChI=1S/C37H78O9Si/c1-14-17-20-23-25-28-31-36(40-10,32-29-26-24-21-18-15-2)45-47(44-35(7,38-8)39-9,46-37(41-11,42-12)43-13)34(5,6)33(4)30-27-22-19-16-3/h33H,14-32H2,1-13H3. The first kappa shape index (κ1) is 46.9. The molecule has 0 aromatic carbocycles. The predicted molar refractivity (Wildman–Crippen MR) is 193 cm³/mol. The fraction of sp³-hybridized carbons (Fsp3) is 1.00. The summed E-state index contributed by atoms with van der Waals surface area (Å²) in [6.07, 6.45) is 19.0. The molecule has 0 N–H and O–H groups in total. The Morgan fingerprint density at radius 2 is 0.872 bits per heavy atom. The summed E-state index contributed by atoms with van der Waals surface area (Å²) in [6, 6.07) is 0. The van der Waals surface area contributed by atoms with E-state index < -0.39 is 31.8 Å². The lowest BCUT2D eigenvalue weighted by molar-refractivity contribution is -0.469. The molecule has 284 valence electrons. The molecule has 0 bridgehead atoms. The Morgan fingerprint density at radius 1 is 0.468 bits per heavy atom. The van der Waals surface area contributed by atoms with Crippen LogP contribution in [-0.2, 0) is 41.7 Å². The summed E-state index contributed by atoms with van der Waals surface area (Å²) >= 11 is 0. The Kier molecular flexibility index (Phi) is 24.8. The van der Waals surface area contributed by atoms with Crippen LogP contribution in [0.4, 0.5) is 0 Å².